The van der Waals surface area contributed by atoms with Crippen molar-refractivity contribution in [3.63, 3.8) is 0 Å². The lowest BCUT2D eigenvalue weighted by atomic mass is 10.1. The van der Waals surface area contributed by atoms with Crippen LogP contribution in [-0.4, -0.2) is 86.9 Å². The summed E-state index contributed by atoms with van der Waals surface area (Å²) in [6.45, 7) is -0.214. The van der Waals surface area contributed by atoms with Crippen LogP contribution in [0.25, 0.3) is 0 Å². The van der Waals surface area contributed by atoms with Crippen LogP contribution in [0.5, 0.6) is 0 Å². The van der Waals surface area contributed by atoms with E-state index in [-0.39, 0.29) is 18.6 Å². The fraction of sp³-hybridized carbons (Fsp3) is 0.611. The first-order chi connectivity index (χ1) is 15.2. The average Bonchev–Trinajstić information content (AvgIpc) is 3.28. The smallest absolute Gasteiger partial charge is 0.326 e. The van der Waals surface area contributed by atoms with Gasteiger partial charge in [-0.1, -0.05) is 0 Å². The molecule has 10 N–H and O–H groups in total. The zero-order valence-electron chi connectivity index (χ0n) is 17.5. The fourth-order valence-electron chi connectivity index (χ4n) is 2.68. The van der Waals surface area contributed by atoms with Crippen molar-refractivity contribution >= 4 is 36.3 Å². The number of imidazole rings is 1. The molecule has 0 aliphatic rings. The van der Waals surface area contributed by atoms with Crippen LogP contribution in [0, 0.1) is 0 Å². The molecule has 4 unspecified atom stereocenters. The number of hydrogen-bond acceptors (Lipinski definition) is 9. The minimum absolute atomic E-state index is 0.00386. The monoisotopic (exact) mass is 473 g/mol. The second kappa shape index (κ2) is 14.4. The first kappa shape index (κ1) is 27.4. The largest absolute Gasteiger partial charge is 0.480 e. The Morgan fingerprint density at radius 2 is 1.69 bits per heavy atom. The van der Waals surface area contributed by atoms with Crippen LogP contribution in [0.4, 0.5) is 0 Å². The number of nitrogens with zero attached hydrogens (tertiary/aromatic N) is 1. The van der Waals surface area contributed by atoms with Gasteiger partial charge in [-0.05, 0) is 25.8 Å². The normalized spacial score (nSPS) is 14.6. The number of carboxylic acids is 1. The quantitative estimate of drug-likeness (QED) is 0.0925. The van der Waals surface area contributed by atoms with E-state index >= 15 is 0 Å². The maximum atomic E-state index is 12.8. The number of nitrogens with two attached hydrogens (primary N) is 2. The molecule has 0 fully saturated rings. The van der Waals surface area contributed by atoms with Crippen molar-refractivity contribution in [3.8, 4) is 0 Å². The van der Waals surface area contributed by atoms with Crippen LogP contribution in [0.2, 0.25) is 0 Å². The molecule has 1 aromatic heterocycles. The number of amides is 3. The summed E-state index contributed by atoms with van der Waals surface area (Å²) >= 11 is 4.04. The lowest BCUT2D eigenvalue weighted by molar-refractivity contribution is -0.142. The van der Waals surface area contributed by atoms with Gasteiger partial charge in [0.05, 0.1) is 12.9 Å². The number of aliphatic carboxylic acids is 1. The molecule has 1 aromatic rings. The van der Waals surface area contributed by atoms with Crippen molar-refractivity contribution in [2.45, 2.75) is 49.9 Å². The Kier molecular flexibility index (Phi) is 12.3. The predicted octanol–water partition coefficient (Wildman–Crippen LogP) is -3.13. The van der Waals surface area contributed by atoms with Gasteiger partial charge in [-0.25, -0.2) is 9.78 Å². The molecule has 0 bridgehead atoms. The van der Waals surface area contributed by atoms with Gasteiger partial charge in [-0.15, -0.1) is 0 Å². The second-order valence-corrected chi connectivity index (χ2v) is 7.42. The molecule has 0 aliphatic heterocycles. The van der Waals surface area contributed by atoms with Gasteiger partial charge in [0.25, 0.3) is 0 Å². The van der Waals surface area contributed by atoms with Crippen molar-refractivity contribution < 1.29 is 29.4 Å². The molecule has 1 heterocycles. The lowest BCUT2D eigenvalue weighted by Gasteiger charge is -2.24. The number of carboxylic acid groups (broad SMARTS) is 1. The number of aromatic nitrogens is 2. The van der Waals surface area contributed by atoms with Crippen LogP contribution < -0.4 is 27.4 Å². The maximum Gasteiger partial charge on any atom is 0.326 e. The van der Waals surface area contributed by atoms with Crippen LogP contribution in [0.3, 0.4) is 0 Å². The van der Waals surface area contributed by atoms with Crippen molar-refractivity contribution in [2.24, 2.45) is 11.5 Å². The Bertz CT molecular complexity index is 748. The van der Waals surface area contributed by atoms with E-state index in [0.717, 1.165) is 0 Å². The second-order valence-electron chi connectivity index (χ2n) is 7.06. The molecule has 1 rings (SSSR count). The van der Waals surface area contributed by atoms with E-state index in [1.165, 1.54) is 12.5 Å². The Balaban J connectivity index is 2.92. The predicted molar refractivity (Wildman–Crippen MR) is 118 cm³/mol. The molecule has 180 valence electrons. The molecule has 4 atom stereocenters. The summed E-state index contributed by atoms with van der Waals surface area (Å²) in [6.07, 6.45) is 4.14. The number of carbonyl (C=O) groups excluding carboxylic acids is 3. The van der Waals surface area contributed by atoms with E-state index in [2.05, 4.69) is 38.5 Å². The van der Waals surface area contributed by atoms with Gasteiger partial charge in [0.2, 0.25) is 17.7 Å². The van der Waals surface area contributed by atoms with Gasteiger partial charge in [0.15, 0.2) is 0 Å². The average molecular weight is 474 g/mol. The summed E-state index contributed by atoms with van der Waals surface area (Å²) in [5.41, 5.74) is 11.4. The number of hydrogen-bond donors (Lipinski definition) is 9. The number of carbonyl (C=O) groups is 4. The number of aromatic amines is 1. The fourth-order valence-corrected chi connectivity index (χ4v) is 2.93. The Hall–Kier alpha value is -2.68. The number of aliphatic hydroxyl groups excluding tert-OH is 1. The lowest BCUT2D eigenvalue weighted by Crippen LogP contribution is -2.58. The van der Waals surface area contributed by atoms with Crippen LogP contribution in [0.1, 0.15) is 25.0 Å². The molecule has 0 spiro atoms. The number of H-pyrrole nitrogens is 1. The third-order valence-corrected chi connectivity index (χ3v) is 4.89. The number of unbranched alkanes of at least 4 members (excludes halogenated alkanes) is 1. The number of aliphatic hydroxyl groups is 1. The van der Waals surface area contributed by atoms with E-state index in [1.54, 1.807) is 0 Å². The van der Waals surface area contributed by atoms with Gasteiger partial charge >= 0.3 is 5.97 Å². The van der Waals surface area contributed by atoms with Crippen LogP contribution in [-0.2, 0) is 25.6 Å². The highest BCUT2D eigenvalue weighted by molar-refractivity contribution is 7.80. The van der Waals surface area contributed by atoms with E-state index in [0.29, 0.717) is 25.1 Å². The molecule has 0 aromatic carbocycles. The van der Waals surface area contributed by atoms with Crippen molar-refractivity contribution in [1.29, 1.82) is 0 Å². The zero-order chi connectivity index (χ0) is 24.1. The molecule has 0 saturated carbocycles. The zero-order valence-corrected chi connectivity index (χ0v) is 18.4. The highest BCUT2D eigenvalue weighted by atomic mass is 32.1. The summed E-state index contributed by atoms with van der Waals surface area (Å²) in [5.74, 6) is -3.52. The van der Waals surface area contributed by atoms with E-state index < -0.39 is 54.5 Å². The maximum absolute atomic E-state index is 12.8. The highest BCUT2D eigenvalue weighted by Gasteiger charge is 2.30. The molecular formula is C18H31N7O6S. The third kappa shape index (κ3) is 9.21. The van der Waals surface area contributed by atoms with E-state index in [1.807, 2.05) is 0 Å². The number of nitrogens with one attached hydrogen (secondary N) is 4. The van der Waals surface area contributed by atoms with Crippen molar-refractivity contribution in [1.82, 2.24) is 25.9 Å². The third-order valence-electron chi connectivity index (χ3n) is 4.52. The van der Waals surface area contributed by atoms with Gasteiger partial charge < -0.3 is 42.6 Å². The first-order valence-corrected chi connectivity index (χ1v) is 10.6. The molecule has 32 heavy (non-hydrogen) atoms. The minimum atomic E-state index is -1.22. The molecule has 0 aliphatic carbocycles. The summed E-state index contributed by atoms with van der Waals surface area (Å²) < 4.78 is 0. The van der Waals surface area contributed by atoms with Gasteiger partial charge in [-0.3, -0.25) is 14.4 Å². The molecular weight excluding hydrogens is 442 g/mol. The Morgan fingerprint density at radius 3 is 2.22 bits per heavy atom. The standard InChI is InChI=1S/C18H31N7O6S/c19-4-2-1-3-12(18(30)31)23-16(28)13(5-10-6-21-9-22-10)24-17(29)14(8-32)25-15(27)11(20)7-26/h6,9,11-14,26,32H,1-5,7-8,19-20H2,(H,21,22)(H,23,28)(H,24,29)(H,25,27)(H,30,31). The van der Waals surface area contributed by atoms with E-state index in [9.17, 15) is 24.3 Å². The number of rotatable bonds is 15. The SMILES string of the molecule is NCCCCC(NC(=O)C(Cc1cnc[nH]1)NC(=O)C(CS)NC(=O)C(N)CO)C(=O)O. The van der Waals surface area contributed by atoms with Crippen molar-refractivity contribution in [2.75, 3.05) is 18.9 Å². The Labute approximate surface area is 190 Å². The molecule has 0 saturated heterocycles. The van der Waals surface area contributed by atoms with Crippen molar-refractivity contribution in [3.05, 3.63) is 18.2 Å². The van der Waals surface area contributed by atoms with Gasteiger partial charge in [0.1, 0.15) is 24.2 Å². The van der Waals surface area contributed by atoms with E-state index in [4.69, 9.17) is 16.6 Å². The highest BCUT2D eigenvalue weighted by Crippen LogP contribution is 2.05. The summed E-state index contributed by atoms with van der Waals surface area (Å²) in [5, 5.41) is 25.7. The molecule has 13 nitrogen and oxygen atoms in total. The van der Waals surface area contributed by atoms with Gasteiger partial charge in [0, 0.05) is 24.1 Å². The summed E-state index contributed by atoms with van der Waals surface area (Å²) in [6, 6.07) is -4.68. The molecule has 14 heteroatoms. The summed E-state index contributed by atoms with van der Waals surface area (Å²) in [4.78, 5) is 55.6. The summed E-state index contributed by atoms with van der Waals surface area (Å²) in [7, 11) is 0. The van der Waals surface area contributed by atoms with Crippen LogP contribution in [0.15, 0.2) is 12.5 Å². The minimum Gasteiger partial charge on any atom is -0.480 e. The molecule has 3 amide bonds. The number of thiol groups is 1. The topological polar surface area (TPSA) is 226 Å². The molecule has 0 radical (unpaired) electrons. The first-order valence-electron chi connectivity index (χ1n) is 10.0. The van der Waals surface area contributed by atoms with Crippen LogP contribution >= 0.6 is 12.6 Å². The Morgan fingerprint density at radius 1 is 1.06 bits per heavy atom. The van der Waals surface area contributed by atoms with Gasteiger partial charge in [-0.2, -0.15) is 12.6 Å².